The van der Waals surface area contributed by atoms with Crippen LogP contribution in [-0.4, -0.2) is 24.4 Å². The molecule has 0 saturated heterocycles. The predicted octanol–water partition coefficient (Wildman–Crippen LogP) is 4.55. The molecule has 25 heavy (non-hydrogen) atoms. The fourth-order valence-electron chi connectivity index (χ4n) is 2.29. The molecule has 0 fully saturated rings. The average Bonchev–Trinajstić information content (AvgIpc) is 2.55. The normalized spacial score (nSPS) is 12.0. The molecule has 4 nitrogen and oxygen atoms in total. The molecule has 0 bridgehead atoms. The summed E-state index contributed by atoms with van der Waals surface area (Å²) in [6, 6.07) is 11.5. The molecule has 6 heteroatoms. The Morgan fingerprint density at radius 1 is 1.16 bits per heavy atom. The van der Waals surface area contributed by atoms with Gasteiger partial charge >= 0.3 is 0 Å². The fourth-order valence-corrected chi connectivity index (χ4v) is 3.02. The molecule has 0 aliphatic heterocycles. The molecular weight excluding hydrogens is 406 g/mol. The highest BCUT2D eigenvalue weighted by atomic mass is 79.9. The third-order valence-corrected chi connectivity index (χ3v) is 4.28. The van der Waals surface area contributed by atoms with Gasteiger partial charge in [-0.2, -0.15) is 0 Å². The van der Waals surface area contributed by atoms with Gasteiger partial charge in [0.05, 0.1) is 17.2 Å². The summed E-state index contributed by atoms with van der Waals surface area (Å²) in [6.45, 7) is 5.85. The van der Waals surface area contributed by atoms with Crippen LogP contribution in [0, 0.1) is 0 Å². The molecule has 2 aromatic rings. The van der Waals surface area contributed by atoms with Crippen LogP contribution in [0.1, 0.15) is 25.0 Å². The maximum atomic E-state index is 9.34. The number of rotatable bonds is 9. The molecule has 0 aliphatic carbocycles. The molecule has 2 rings (SSSR count). The van der Waals surface area contributed by atoms with Gasteiger partial charge in [0.15, 0.2) is 11.5 Å². The second kappa shape index (κ2) is 10.0. The lowest BCUT2D eigenvalue weighted by Gasteiger charge is -2.16. The van der Waals surface area contributed by atoms with Crippen molar-refractivity contribution >= 4 is 27.5 Å². The second-order valence-electron chi connectivity index (χ2n) is 5.73. The highest BCUT2D eigenvalue weighted by molar-refractivity contribution is 9.10. The van der Waals surface area contributed by atoms with E-state index in [1.807, 2.05) is 43.3 Å². The molecule has 136 valence electrons. The Bertz CT molecular complexity index is 677. The molecule has 0 radical (unpaired) electrons. The maximum absolute atomic E-state index is 9.34. The number of aliphatic hydroxyl groups is 1. The molecule has 0 aromatic heterocycles. The smallest absolute Gasteiger partial charge is 0.175 e. The minimum atomic E-state index is -0.378. The highest BCUT2D eigenvalue weighted by Gasteiger charge is 2.13. The lowest BCUT2D eigenvalue weighted by atomic mass is 10.2. The van der Waals surface area contributed by atoms with Gasteiger partial charge in [-0.05, 0) is 65.2 Å². The predicted molar refractivity (Wildman–Crippen MR) is 104 cm³/mol. The number of hydrogen-bond acceptors (Lipinski definition) is 4. The number of hydrogen-bond donors (Lipinski definition) is 2. The van der Waals surface area contributed by atoms with Crippen LogP contribution in [0.3, 0.4) is 0 Å². The largest absolute Gasteiger partial charge is 0.490 e. The molecule has 0 aliphatic rings. The quantitative estimate of drug-likeness (QED) is 0.615. The average molecular weight is 429 g/mol. The number of nitrogens with one attached hydrogen (secondary N) is 1. The summed E-state index contributed by atoms with van der Waals surface area (Å²) in [4.78, 5) is 0. The first-order chi connectivity index (χ1) is 12.0. The molecule has 2 aromatic carbocycles. The third-order valence-electron chi connectivity index (χ3n) is 3.43. The Hall–Kier alpha value is -1.27. The minimum absolute atomic E-state index is 0.378. The summed E-state index contributed by atoms with van der Waals surface area (Å²) in [6.07, 6.45) is -0.378. The zero-order valence-corrected chi connectivity index (χ0v) is 16.7. The van der Waals surface area contributed by atoms with Gasteiger partial charge in [-0.25, -0.2) is 0 Å². The van der Waals surface area contributed by atoms with E-state index in [0.717, 1.165) is 15.6 Å². The van der Waals surface area contributed by atoms with Crippen LogP contribution in [-0.2, 0) is 13.2 Å². The van der Waals surface area contributed by atoms with Gasteiger partial charge in [0.1, 0.15) is 6.61 Å². The van der Waals surface area contributed by atoms with Crippen LogP contribution >= 0.6 is 27.5 Å². The van der Waals surface area contributed by atoms with Crippen LogP contribution in [0.25, 0.3) is 0 Å². The van der Waals surface area contributed by atoms with Crippen molar-refractivity contribution in [3.8, 4) is 11.5 Å². The number of aliphatic hydroxyl groups excluding tert-OH is 1. The number of halogens is 2. The van der Waals surface area contributed by atoms with Crippen molar-refractivity contribution < 1.29 is 14.6 Å². The van der Waals surface area contributed by atoms with Crippen LogP contribution in [0.2, 0.25) is 5.02 Å². The van der Waals surface area contributed by atoms with Crippen LogP contribution in [0.4, 0.5) is 0 Å². The minimum Gasteiger partial charge on any atom is -0.490 e. The van der Waals surface area contributed by atoms with Gasteiger partial charge in [0.2, 0.25) is 0 Å². The zero-order valence-electron chi connectivity index (χ0n) is 14.4. The fraction of sp³-hybridized carbons (Fsp3) is 0.368. The second-order valence-corrected chi connectivity index (χ2v) is 7.02. The standard InChI is InChI=1S/C19H23BrClNO3/c1-3-24-18-9-15(11-22-10-13(2)23)8-17(20)19(18)25-12-14-4-6-16(21)7-5-14/h4-9,13,22-23H,3,10-12H2,1-2H3. The van der Waals surface area contributed by atoms with Crippen molar-refractivity contribution in [1.82, 2.24) is 5.32 Å². The summed E-state index contributed by atoms with van der Waals surface area (Å²) in [5.74, 6) is 1.37. The van der Waals surface area contributed by atoms with E-state index in [-0.39, 0.29) is 6.10 Å². The summed E-state index contributed by atoms with van der Waals surface area (Å²) >= 11 is 9.48. The summed E-state index contributed by atoms with van der Waals surface area (Å²) in [7, 11) is 0. The van der Waals surface area contributed by atoms with E-state index in [0.29, 0.717) is 42.8 Å². The Morgan fingerprint density at radius 3 is 2.52 bits per heavy atom. The Morgan fingerprint density at radius 2 is 1.88 bits per heavy atom. The molecule has 1 unspecified atom stereocenters. The van der Waals surface area contributed by atoms with E-state index in [4.69, 9.17) is 21.1 Å². The maximum Gasteiger partial charge on any atom is 0.175 e. The van der Waals surface area contributed by atoms with Crippen molar-refractivity contribution in [3.63, 3.8) is 0 Å². The van der Waals surface area contributed by atoms with Gasteiger partial charge < -0.3 is 19.9 Å². The number of benzene rings is 2. The molecule has 0 amide bonds. The van der Waals surface area contributed by atoms with E-state index in [9.17, 15) is 5.11 Å². The van der Waals surface area contributed by atoms with Crippen molar-refractivity contribution in [1.29, 1.82) is 0 Å². The van der Waals surface area contributed by atoms with Crippen molar-refractivity contribution in [2.75, 3.05) is 13.2 Å². The summed E-state index contributed by atoms with van der Waals surface area (Å²) in [5, 5.41) is 13.2. The summed E-state index contributed by atoms with van der Waals surface area (Å²) < 4.78 is 12.5. The molecule has 1 atom stereocenters. The van der Waals surface area contributed by atoms with Crippen molar-refractivity contribution in [2.24, 2.45) is 0 Å². The topological polar surface area (TPSA) is 50.7 Å². The zero-order chi connectivity index (χ0) is 18.2. The van der Waals surface area contributed by atoms with Gasteiger partial charge in [0.25, 0.3) is 0 Å². The van der Waals surface area contributed by atoms with E-state index in [2.05, 4.69) is 21.2 Å². The lowest BCUT2D eigenvalue weighted by molar-refractivity contribution is 0.191. The van der Waals surface area contributed by atoms with E-state index in [1.165, 1.54) is 0 Å². The first-order valence-electron chi connectivity index (χ1n) is 8.20. The summed E-state index contributed by atoms with van der Waals surface area (Å²) in [5.41, 5.74) is 2.08. The Kier molecular flexibility index (Phi) is 8.03. The Labute approximate surface area is 162 Å². The van der Waals surface area contributed by atoms with Gasteiger partial charge in [0, 0.05) is 18.1 Å². The van der Waals surface area contributed by atoms with Crippen LogP contribution < -0.4 is 14.8 Å². The molecular formula is C19H23BrClNO3. The van der Waals surface area contributed by atoms with Crippen molar-refractivity contribution in [2.45, 2.75) is 33.1 Å². The molecule has 2 N–H and O–H groups in total. The first-order valence-corrected chi connectivity index (χ1v) is 9.38. The molecule has 0 spiro atoms. The van der Waals surface area contributed by atoms with Gasteiger partial charge in [-0.15, -0.1) is 0 Å². The SMILES string of the molecule is CCOc1cc(CNCC(C)O)cc(Br)c1OCc1ccc(Cl)cc1. The third kappa shape index (κ3) is 6.51. The van der Waals surface area contributed by atoms with E-state index >= 15 is 0 Å². The monoisotopic (exact) mass is 427 g/mol. The van der Waals surface area contributed by atoms with Gasteiger partial charge in [-0.3, -0.25) is 0 Å². The van der Waals surface area contributed by atoms with E-state index in [1.54, 1.807) is 6.92 Å². The highest BCUT2D eigenvalue weighted by Crippen LogP contribution is 2.37. The molecule has 0 saturated carbocycles. The first kappa shape index (κ1) is 20.0. The van der Waals surface area contributed by atoms with Gasteiger partial charge in [-0.1, -0.05) is 23.7 Å². The van der Waals surface area contributed by atoms with Crippen LogP contribution in [0.15, 0.2) is 40.9 Å². The molecule has 0 heterocycles. The number of ether oxygens (including phenoxy) is 2. The lowest BCUT2D eigenvalue weighted by Crippen LogP contribution is -2.23. The van der Waals surface area contributed by atoms with Crippen molar-refractivity contribution in [3.05, 3.63) is 57.0 Å². The van der Waals surface area contributed by atoms with E-state index < -0.39 is 0 Å². The van der Waals surface area contributed by atoms with Crippen LogP contribution in [0.5, 0.6) is 11.5 Å². The Balaban J connectivity index is 2.11.